The van der Waals surface area contributed by atoms with E-state index in [9.17, 15) is 0 Å². The highest BCUT2D eigenvalue weighted by Gasteiger charge is 2.22. The fraction of sp³-hybridized carbons (Fsp3) is 0.267. The van der Waals surface area contributed by atoms with E-state index in [4.69, 9.17) is 13.9 Å². The van der Waals surface area contributed by atoms with Gasteiger partial charge in [-0.3, -0.25) is 4.99 Å². The van der Waals surface area contributed by atoms with E-state index in [0.717, 1.165) is 47.9 Å². The first kappa shape index (κ1) is 13.1. The molecule has 2 aliphatic rings. The van der Waals surface area contributed by atoms with Crippen molar-refractivity contribution in [3.05, 3.63) is 47.4 Å². The third-order valence-electron chi connectivity index (χ3n) is 3.51. The third kappa shape index (κ3) is 2.16. The zero-order valence-corrected chi connectivity index (χ0v) is 11.6. The monoisotopic (exact) mass is 291 g/mol. The third-order valence-corrected chi connectivity index (χ3v) is 3.51. The van der Waals surface area contributed by atoms with Gasteiger partial charge in [-0.05, 0) is 36.2 Å². The normalized spacial score (nSPS) is 15.3. The average Bonchev–Trinajstić information content (AvgIpc) is 3.07. The minimum absolute atomic E-state index is 0. The second-order valence-corrected chi connectivity index (χ2v) is 4.70. The quantitative estimate of drug-likeness (QED) is 0.854. The van der Waals surface area contributed by atoms with E-state index >= 15 is 0 Å². The van der Waals surface area contributed by atoms with Crippen LogP contribution in [0.3, 0.4) is 0 Å². The van der Waals surface area contributed by atoms with E-state index < -0.39 is 0 Å². The number of benzene rings is 1. The van der Waals surface area contributed by atoms with Gasteiger partial charge in [-0.25, -0.2) is 0 Å². The molecule has 0 N–H and O–H groups in total. The Kier molecular flexibility index (Phi) is 3.40. The minimum Gasteiger partial charge on any atom is -0.469 e. The Balaban J connectivity index is 0.00000121. The van der Waals surface area contributed by atoms with Gasteiger partial charge in [0.2, 0.25) is 6.79 Å². The predicted octanol–water partition coefficient (Wildman–Crippen LogP) is 3.02. The summed E-state index contributed by atoms with van der Waals surface area (Å²) in [6.07, 6.45) is 3.37. The molecule has 0 saturated carbocycles. The van der Waals surface area contributed by atoms with Crippen molar-refractivity contribution in [2.24, 2.45) is 4.99 Å². The maximum Gasteiger partial charge on any atom is 0.231 e. The van der Waals surface area contributed by atoms with Gasteiger partial charge >= 0.3 is 0 Å². The number of hydrogen-bond acceptors (Lipinski definition) is 4. The SMILES string of the molecule is Cl.c1coc(CC2=NCCc3cc4c(cc32)OCO4)c1. The molecule has 2 aliphatic heterocycles. The molecule has 1 aromatic carbocycles. The number of aliphatic imine (C=N–C) groups is 1. The summed E-state index contributed by atoms with van der Waals surface area (Å²) in [5.74, 6) is 2.59. The highest BCUT2D eigenvalue weighted by molar-refractivity contribution is 6.04. The molecule has 0 spiro atoms. The van der Waals surface area contributed by atoms with Gasteiger partial charge < -0.3 is 13.9 Å². The van der Waals surface area contributed by atoms with Gasteiger partial charge in [0, 0.05) is 24.2 Å². The van der Waals surface area contributed by atoms with E-state index in [1.165, 1.54) is 5.56 Å². The topological polar surface area (TPSA) is 44.0 Å². The number of nitrogens with zero attached hydrogens (tertiary/aromatic N) is 1. The van der Waals surface area contributed by atoms with Crippen molar-refractivity contribution in [3.63, 3.8) is 0 Å². The lowest BCUT2D eigenvalue weighted by atomic mass is 9.94. The predicted molar refractivity (Wildman–Crippen MR) is 77.3 cm³/mol. The molecule has 5 heteroatoms. The summed E-state index contributed by atoms with van der Waals surface area (Å²) in [4.78, 5) is 4.63. The van der Waals surface area contributed by atoms with Crippen molar-refractivity contribution >= 4 is 18.1 Å². The maximum absolute atomic E-state index is 5.45. The second kappa shape index (κ2) is 5.21. The van der Waals surface area contributed by atoms with Gasteiger partial charge in [0.1, 0.15) is 5.76 Å². The molecule has 104 valence electrons. The Morgan fingerprint density at radius 2 is 2.00 bits per heavy atom. The summed E-state index contributed by atoms with van der Waals surface area (Å²) in [5, 5.41) is 0. The number of ether oxygens (including phenoxy) is 2. The van der Waals surface area contributed by atoms with Crippen molar-refractivity contribution in [1.82, 2.24) is 0 Å². The first-order valence-electron chi connectivity index (χ1n) is 6.39. The molecule has 3 heterocycles. The van der Waals surface area contributed by atoms with Crippen LogP contribution < -0.4 is 9.47 Å². The molecule has 4 nitrogen and oxygen atoms in total. The van der Waals surface area contributed by atoms with E-state index in [1.807, 2.05) is 18.2 Å². The lowest BCUT2D eigenvalue weighted by molar-refractivity contribution is 0.174. The van der Waals surface area contributed by atoms with Crippen molar-refractivity contribution < 1.29 is 13.9 Å². The molecular weight excluding hydrogens is 278 g/mol. The summed E-state index contributed by atoms with van der Waals surface area (Å²) in [5.41, 5.74) is 3.50. The maximum atomic E-state index is 5.45. The summed E-state index contributed by atoms with van der Waals surface area (Å²) < 4.78 is 16.3. The molecular formula is C15H14ClNO3. The van der Waals surface area contributed by atoms with Crippen LogP contribution in [0.15, 0.2) is 39.9 Å². The van der Waals surface area contributed by atoms with E-state index in [2.05, 4.69) is 11.1 Å². The lowest BCUT2D eigenvalue weighted by Crippen LogP contribution is -2.15. The zero-order chi connectivity index (χ0) is 12.7. The van der Waals surface area contributed by atoms with Gasteiger partial charge in [0.05, 0.1) is 6.26 Å². The van der Waals surface area contributed by atoms with E-state index in [1.54, 1.807) is 6.26 Å². The molecule has 0 fully saturated rings. The fourth-order valence-corrected chi connectivity index (χ4v) is 2.59. The molecule has 0 amide bonds. The van der Waals surface area contributed by atoms with Crippen LogP contribution in [0.25, 0.3) is 0 Å². The molecule has 2 aromatic rings. The van der Waals surface area contributed by atoms with Crippen LogP contribution in [-0.4, -0.2) is 19.0 Å². The summed E-state index contributed by atoms with van der Waals surface area (Å²) in [7, 11) is 0. The Labute approximate surface area is 122 Å². The average molecular weight is 292 g/mol. The molecule has 0 aliphatic carbocycles. The van der Waals surface area contributed by atoms with Gasteiger partial charge in [-0.1, -0.05) is 0 Å². The fourth-order valence-electron chi connectivity index (χ4n) is 2.59. The summed E-state index contributed by atoms with van der Waals surface area (Å²) >= 11 is 0. The molecule has 0 saturated heterocycles. The molecule has 4 rings (SSSR count). The van der Waals surface area contributed by atoms with Gasteiger partial charge in [-0.2, -0.15) is 0 Å². The van der Waals surface area contributed by atoms with Crippen LogP contribution in [0, 0.1) is 0 Å². The Hall–Kier alpha value is -1.94. The van der Waals surface area contributed by atoms with Crippen LogP contribution in [-0.2, 0) is 12.8 Å². The second-order valence-electron chi connectivity index (χ2n) is 4.70. The van der Waals surface area contributed by atoms with Crippen molar-refractivity contribution in [2.75, 3.05) is 13.3 Å². The highest BCUT2D eigenvalue weighted by Crippen LogP contribution is 2.36. The molecule has 0 atom stereocenters. The largest absolute Gasteiger partial charge is 0.469 e. The van der Waals surface area contributed by atoms with Gasteiger partial charge in [0.25, 0.3) is 0 Å². The van der Waals surface area contributed by atoms with Crippen molar-refractivity contribution in [1.29, 1.82) is 0 Å². The van der Waals surface area contributed by atoms with Crippen LogP contribution in [0.5, 0.6) is 11.5 Å². The van der Waals surface area contributed by atoms with E-state index in [-0.39, 0.29) is 12.4 Å². The molecule has 0 radical (unpaired) electrons. The lowest BCUT2D eigenvalue weighted by Gasteiger charge is -2.17. The molecule has 20 heavy (non-hydrogen) atoms. The number of hydrogen-bond donors (Lipinski definition) is 0. The smallest absolute Gasteiger partial charge is 0.231 e. The van der Waals surface area contributed by atoms with Crippen molar-refractivity contribution in [2.45, 2.75) is 12.8 Å². The Morgan fingerprint density at radius 1 is 1.15 bits per heavy atom. The molecule has 1 aromatic heterocycles. The zero-order valence-electron chi connectivity index (χ0n) is 10.8. The minimum atomic E-state index is 0. The first-order valence-corrected chi connectivity index (χ1v) is 6.39. The standard InChI is InChI=1S/C15H13NO3.ClH/c1-2-11(17-5-1)7-13-12-8-15-14(18-9-19-15)6-10(12)3-4-16-13;/h1-2,5-6,8H,3-4,7,9H2;1H. The molecule has 0 unspecified atom stereocenters. The van der Waals surface area contributed by atoms with Gasteiger partial charge in [0.15, 0.2) is 11.5 Å². The van der Waals surface area contributed by atoms with Crippen molar-refractivity contribution in [3.8, 4) is 11.5 Å². The summed E-state index contributed by atoms with van der Waals surface area (Å²) in [6.45, 7) is 1.13. The van der Waals surface area contributed by atoms with Gasteiger partial charge in [-0.15, -0.1) is 12.4 Å². The molecule has 0 bridgehead atoms. The van der Waals surface area contributed by atoms with Crippen LogP contribution in [0.4, 0.5) is 0 Å². The number of halogens is 1. The van der Waals surface area contributed by atoms with E-state index in [0.29, 0.717) is 6.79 Å². The summed E-state index contributed by atoms with van der Waals surface area (Å²) in [6, 6.07) is 8.00. The number of furan rings is 1. The Bertz CT molecular complexity index is 649. The van der Waals surface area contributed by atoms with Crippen LogP contribution >= 0.6 is 12.4 Å². The highest BCUT2D eigenvalue weighted by atomic mass is 35.5. The number of fused-ring (bicyclic) bond motifs is 2. The van der Waals surface area contributed by atoms with Crippen LogP contribution in [0.1, 0.15) is 16.9 Å². The number of rotatable bonds is 2. The Morgan fingerprint density at radius 3 is 2.80 bits per heavy atom. The van der Waals surface area contributed by atoms with Crippen LogP contribution in [0.2, 0.25) is 0 Å². The first-order chi connectivity index (χ1) is 9.40.